The molecule has 1 aromatic heterocycles. The van der Waals surface area contributed by atoms with E-state index in [1.54, 1.807) is 0 Å². The van der Waals surface area contributed by atoms with Crippen LogP contribution in [0.2, 0.25) is 0 Å². The number of hydrogen-bond acceptors (Lipinski definition) is 0. The zero-order chi connectivity index (χ0) is 4.24. The van der Waals surface area contributed by atoms with Crippen LogP contribution in [-0.4, -0.2) is 9.12 Å². The molecular weight excluding hydrogens is 95.1 g/mol. The fraction of sp³-hybridized carbons (Fsp3) is 0. The first-order chi connectivity index (χ1) is 3.00. The SMILES string of the molecule is [Li+].c1cc[siH]cc1. The molecule has 0 amide bonds. The van der Waals surface area contributed by atoms with Crippen molar-refractivity contribution in [2.75, 3.05) is 0 Å². The van der Waals surface area contributed by atoms with Gasteiger partial charge in [-0.15, -0.1) is 0 Å². The second kappa shape index (κ2) is 4.33. The Kier molecular flexibility index (Phi) is 4.43. The summed E-state index contributed by atoms with van der Waals surface area (Å²) in [4.78, 5) is 0. The van der Waals surface area contributed by atoms with Gasteiger partial charge in [0, 0.05) is 9.12 Å². The molecule has 0 saturated heterocycles. The number of rotatable bonds is 0. The summed E-state index contributed by atoms with van der Waals surface area (Å²) >= 11 is 0. The Labute approximate surface area is 57.9 Å². The molecule has 0 aromatic carbocycles. The molecule has 0 bridgehead atoms. The summed E-state index contributed by atoms with van der Waals surface area (Å²) in [6.07, 6.45) is 0. The van der Waals surface area contributed by atoms with Crippen molar-refractivity contribution >= 4 is 9.12 Å². The zero-order valence-electron chi connectivity index (χ0n) is 4.46. The van der Waals surface area contributed by atoms with E-state index >= 15 is 0 Å². The van der Waals surface area contributed by atoms with Crippen molar-refractivity contribution in [2.24, 2.45) is 0 Å². The van der Waals surface area contributed by atoms with E-state index in [-0.39, 0.29) is 18.9 Å². The van der Waals surface area contributed by atoms with Crippen LogP contribution >= 0.6 is 0 Å². The van der Waals surface area contributed by atoms with Gasteiger partial charge in [-0.2, -0.15) is 0 Å². The Hall–Kier alpha value is 0.164. The molecular formula is C5H6LiSi+. The van der Waals surface area contributed by atoms with E-state index in [1.807, 2.05) is 0 Å². The molecule has 0 spiro atoms. The van der Waals surface area contributed by atoms with Gasteiger partial charge in [-0.05, 0) is 0 Å². The Bertz CT molecular complexity index is 80.0. The maximum atomic E-state index is 2.21. The van der Waals surface area contributed by atoms with E-state index in [2.05, 4.69) is 29.6 Å². The van der Waals surface area contributed by atoms with Crippen LogP contribution in [0.3, 0.4) is 0 Å². The van der Waals surface area contributed by atoms with Gasteiger partial charge in [-0.1, -0.05) is 29.6 Å². The van der Waals surface area contributed by atoms with E-state index in [0.717, 1.165) is 0 Å². The molecule has 0 radical (unpaired) electrons. The van der Waals surface area contributed by atoms with Crippen molar-refractivity contribution in [3.63, 3.8) is 0 Å². The van der Waals surface area contributed by atoms with Crippen molar-refractivity contribution in [1.29, 1.82) is 0 Å². The molecule has 0 nitrogen and oxygen atoms in total. The minimum absolute atomic E-state index is 0. The van der Waals surface area contributed by atoms with Crippen molar-refractivity contribution in [2.45, 2.75) is 0 Å². The minimum atomic E-state index is 0. The van der Waals surface area contributed by atoms with Crippen molar-refractivity contribution in [1.82, 2.24) is 0 Å². The van der Waals surface area contributed by atoms with Gasteiger partial charge in [0.25, 0.3) is 0 Å². The predicted molar refractivity (Wildman–Crippen MR) is 29.2 cm³/mol. The molecule has 2 heteroatoms. The molecule has 1 aromatic rings. The molecule has 1 rings (SSSR count). The Morgan fingerprint density at radius 1 is 0.857 bits per heavy atom. The Balaban J connectivity index is 0.000000360. The molecule has 0 saturated carbocycles. The Morgan fingerprint density at radius 2 is 1.43 bits per heavy atom. The van der Waals surface area contributed by atoms with E-state index < -0.39 is 0 Å². The topological polar surface area (TPSA) is 0 Å². The van der Waals surface area contributed by atoms with E-state index in [1.165, 1.54) is 0 Å². The first-order valence-electron chi connectivity index (χ1n) is 2.00. The first kappa shape index (κ1) is 7.16. The normalized spacial score (nSPS) is 6.86. The standard InChI is InChI=1S/C5H6Si.Li/c1-2-4-6-5-3-1;/h1-6H;/q;+1. The van der Waals surface area contributed by atoms with Gasteiger partial charge < -0.3 is 0 Å². The van der Waals surface area contributed by atoms with Gasteiger partial charge in [0.15, 0.2) is 0 Å². The van der Waals surface area contributed by atoms with Gasteiger partial charge in [0.2, 0.25) is 0 Å². The summed E-state index contributed by atoms with van der Waals surface area (Å²) in [6.45, 7) is 0. The fourth-order valence-electron chi connectivity index (χ4n) is 0.385. The van der Waals surface area contributed by atoms with Gasteiger partial charge in [0.05, 0.1) is 0 Å². The number of hydrogen-bond donors (Lipinski definition) is 0. The molecule has 0 N–H and O–H groups in total. The molecule has 0 aliphatic carbocycles. The fourth-order valence-corrected chi connectivity index (χ4v) is 1.03. The quantitative estimate of drug-likeness (QED) is 0.324. The molecule has 0 aliphatic heterocycles. The van der Waals surface area contributed by atoms with Crippen LogP contribution in [0, 0.1) is 0 Å². The second-order valence-corrected chi connectivity index (χ2v) is 2.31. The van der Waals surface area contributed by atoms with Crippen LogP contribution < -0.4 is 18.9 Å². The van der Waals surface area contributed by atoms with Gasteiger partial charge >= 0.3 is 18.9 Å². The first-order valence-corrected chi connectivity index (χ1v) is 3.33. The van der Waals surface area contributed by atoms with Crippen molar-refractivity contribution in [3.05, 3.63) is 29.6 Å². The minimum Gasteiger partial charge on any atom is -0.0805 e. The summed E-state index contributed by atoms with van der Waals surface area (Å²) < 4.78 is 0. The third kappa shape index (κ3) is 2.81. The summed E-state index contributed by atoms with van der Waals surface area (Å²) in [5, 5.41) is 0. The Morgan fingerprint density at radius 3 is 1.57 bits per heavy atom. The van der Waals surface area contributed by atoms with Gasteiger partial charge in [-0.3, -0.25) is 0 Å². The van der Waals surface area contributed by atoms with E-state index in [4.69, 9.17) is 0 Å². The second-order valence-electron chi connectivity index (χ2n) is 1.15. The molecule has 0 atom stereocenters. The molecule has 7 heavy (non-hydrogen) atoms. The third-order valence-corrected chi connectivity index (χ3v) is 1.56. The maximum absolute atomic E-state index is 2.21. The van der Waals surface area contributed by atoms with Crippen LogP contribution in [0.4, 0.5) is 0 Å². The summed E-state index contributed by atoms with van der Waals surface area (Å²) in [5.41, 5.74) is 4.42. The summed E-state index contributed by atoms with van der Waals surface area (Å²) in [6, 6.07) is 6.24. The van der Waals surface area contributed by atoms with Crippen LogP contribution in [0.5, 0.6) is 0 Å². The monoisotopic (exact) mass is 101 g/mol. The van der Waals surface area contributed by atoms with Crippen LogP contribution in [-0.2, 0) is 0 Å². The summed E-state index contributed by atoms with van der Waals surface area (Å²) in [5.74, 6) is 0. The third-order valence-electron chi connectivity index (χ3n) is 0.667. The predicted octanol–water partition coefficient (Wildman–Crippen LogP) is -2.24. The smallest absolute Gasteiger partial charge is 0.0805 e. The average molecular weight is 101 g/mol. The van der Waals surface area contributed by atoms with Crippen LogP contribution in [0.25, 0.3) is 0 Å². The zero-order valence-corrected chi connectivity index (χ0v) is 5.62. The van der Waals surface area contributed by atoms with Crippen molar-refractivity contribution < 1.29 is 18.9 Å². The van der Waals surface area contributed by atoms with E-state index in [0.29, 0.717) is 9.12 Å². The molecule has 0 fully saturated rings. The van der Waals surface area contributed by atoms with Gasteiger partial charge in [0.1, 0.15) is 0 Å². The molecule has 30 valence electrons. The van der Waals surface area contributed by atoms with Crippen molar-refractivity contribution in [3.8, 4) is 0 Å². The average Bonchev–Trinajstić information content (AvgIpc) is 1.72. The maximum Gasteiger partial charge on any atom is 1.00 e. The molecule has 1 heterocycles. The van der Waals surface area contributed by atoms with Gasteiger partial charge in [-0.25, -0.2) is 0 Å². The molecule has 0 aliphatic rings. The summed E-state index contributed by atoms with van der Waals surface area (Å²) in [7, 11) is 0.513. The molecule has 0 unspecified atom stereocenters. The largest absolute Gasteiger partial charge is 1.00 e. The van der Waals surface area contributed by atoms with Crippen LogP contribution in [0.1, 0.15) is 0 Å². The van der Waals surface area contributed by atoms with Crippen LogP contribution in [0.15, 0.2) is 29.6 Å². The van der Waals surface area contributed by atoms with E-state index in [9.17, 15) is 0 Å².